The Balaban J connectivity index is 1.45. The van der Waals surface area contributed by atoms with Crippen LogP contribution in [-0.4, -0.2) is 38.0 Å². The van der Waals surface area contributed by atoms with E-state index in [0.717, 1.165) is 52.5 Å². The van der Waals surface area contributed by atoms with Gasteiger partial charge in [0.25, 0.3) is 0 Å². The number of nitrogens with two attached hydrogens (primary N) is 1. The first-order chi connectivity index (χ1) is 16.5. The summed E-state index contributed by atoms with van der Waals surface area (Å²) in [6, 6.07) is 5.47. The number of hydrogen-bond donors (Lipinski definition) is 2. The molecule has 4 heterocycles. The molecule has 4 aromatic rings. The van der Waals surface area contributed by atoms with Crippen molar-refractivity contribution in [1.29, 1.82) is 0 Å². The molecule has 3 N–H and O–H groups in total. The number of aromatic nitrogens is 5. The summed E-state index contributed by atoms with van der Waals surface area (Å²) >= 11 is 1.26. The van der Waals surface area contributed by atoms with Crippen molar-refractivity contribution in [2.24, 2.45) is 5.92 Å². The van der Waals surface area contributed by atoms with Crippen molar-refractivity contribution in [3.8, 4) is 11.1 Å². The third-order valence-electron chi connectivity index (χ3n) is 6.86. The van der Waals surface area contributed by atoms with Gasteiger partial charge in [-0.05, 0) is 76.7 Å². The SMILES string of the molecule is CNCCC1CCC(n2ncc(-c3cc(Sc4ncccc4F)c4c(N)cnn4c3)c2C)CC1. The summed E-state index contributed by atoms with van der Waals surface area (Å²) in [6.07, 6.45) is 13.2. The van der Waals surface area contributed by atoms with E-state index in [4.69, 9.17) is 10.8 Å². The minimum absolute atomic E-state index is 0.310. The largest absolute Gasteiger partial charge is 0.396 e. The third-order valence-corrected chi connectivity index (χ3v) is 7.88. The van der Waals surface area contributed by atoms with Crippen molar-refractivity contribution in [2.75, 3.05) is 19.3 Å². The first-order valence-corrected chi connectivity index (χ1v) is 12.6. The number of fused-ring (bicyclic) bond motifs is 1. The van der Waals surface area contributed by atoms with Crippen molar-refractivity contribution in [2.45, 2.75) is 55.0 Å². The van der Waals surface area contributed by atoms with Crippen LogP contribution >= 0.6 is 11.8 Å². The van der Waals surface area contributed by atoms with Gasteiger partial charge in [0.2, 0.25) is 0 Å². The van der Waals surface area contributed by atoms with Gasteiger partial charge in [-0.2, -0.15) is 10.2 Å². The number of nitrogen functional groups attached to an aromatic ring is 1. The average molecular weight is 480 g/mol. The second-order valence-electron chi connectivity index (χ2n) is 9.03. The van der Waals surface area contributed by atoms with Crippen LogP contribution in [0.3, 0.4) is 0 Å². The smallest absolute Gasteiger partial charge is 0.155 e. The molecule has 34 heavy (non-hydrogen) atoms. The monoisotopic (exact) mass is 479 g/mol. The van der Waals surface area contributed by atoms with E-state index in [0.29, 0.717) is 16.8 Å². The lowest BCUT2D eigenvalue weighted by molar-refractivity contribution is 0.248. The highest BCUT2D eigenvalue weighted by molar-refractivity contribution is 7.99. The Bertz CT molecular complexity index is 1290. The van der Waals surface area contributed by atoms with E-state index in [1.165, 1.54) is 37.1 Å². The molecule has 4 aromatic heterocycles. The van der Waals surface area contributed by atoms with Crippen molar-refractivity contribution in [3.05, 3.63) is 54.5 Å². The molecule has 1 aliphatic carbocycles. The summed E-state index contributed by atoms with van der Waals surface area (Å²) in [6.45, 7) is 3.21. The molecule has 0 aliphatic heterocycles. The molecule has 7 nitrogen and oxygen atoms in total. The molecule has 1 saturated carbocycles. The highest BCUT2D eigenvalue weighted by atomic mass is 32.2. The van der Waals surface area contributed by atoms with Gasteiger partial charge < -0.3 is 11.1 Å². The van der Waals surface area contributed by atoms with Gasteiger partial charge in [0.05, 0.1) is 24.1 Å². The average Bonchev–Trinajstić information content (AvgIpc) is 3.42. The Labute approximate surface area is 203 Å². The molecule has 0 unspecified atom stereocenters. The second-order valence-corrected chi connectivity index (χ2v) is 10.1. The van der Waals surface area contributed by atoms with Crippen LogP contribution < -0.4 is 11.1 Å². The van der Waals surface area contributed by atoms with E-state index in [9.17, 15) is 4.39 Å². The van der Waals surface area contributed by atoms with E-state index in [1.54, 1.807) is 23.0 Å². The molecule has 178 valence electrons. The highest BCUT2D eigenvalue weighted by Crippen LogP contribution is 2.39. The second kappa shape index (κ2) is 9.76. The molecule has 1 aliphatic rings. The number of nitrogens with one attached hydrogen (secondary N) is 1. The molecule has 0 atom stereocenters. The maximum atomic E-state index is 14.3. The Morgan fingerprint density at radius 2 is 2.03 bits per heavy atom. The van der Waals surface area contributed by atoms with Gasteiger partial charge in [0.15, 0.2) is 5.82 Å². The van der Waals surface area contributed by atoms with E-state index >= 15 is 0 Å². The van der Waals surface area contributed by atoms with Crippen molar-refractivity contribution < 1.29 is 4.39 Å². The molecule has 5 rings (SSSR count). The molecule has 0 bridgehead atoms. The molecule has 0 spiro atoms. The fraction of sp³-hybridized carbons (Fsp3) is 0.400. The number of halogens is 1. The lowest BCUT2D eigenvalue weighted by Crippen LogP contribution is -2.22. The normalized spacial score (nSPS) is 18.6. The van der Waals surface area contributed by atoms with E-state index in [1.807, 2.05) is 25.5 Å². The van der Waals surface area contributed by atoms with Gasteiger partial charge >= 0.3 is 0 Å². The van der Waals surface area contributed by atoms with Gasteiger partial charge in [0.1, 0.15) is 10.5 Å². The van der Waals surface area contributed by atoms with Crippen molar-refractivity contribution >= 4 is 23.0 Å². The minimum atomic E-state index is -0.358. The zero-order valence-corrected chi connectivity index (χ0v) is 20.4. The zero-order valence-electron chi connectivity index (χ0n) is 19.5. The summed E-state index contributed by atoms with van der Waals surface area (Å²) in [5.41, 5.74) is 10.7. The molecule has 0 amide bonds. The summed E-state index contributed by atoms with van der Waals surface area (Å²) in [4.78, 5) is 5.01. The van der Waals surface area contributed by atoms with Gasteiger partial charge in [0, 0.05) is 34.1 Å². The van der Waals surface area contributed by atoms with Gasteiger partial charge in [-0.25, -0.2) is 13.9 Å². The fourth-order valence-corrected chi connectivity index (χ4v) is 5.97. The van der Waals surface area contributed by atoms with Crippen LogP contribution in [0.15, 0.2) is 52.9 Å². The van der Waals surface area contributed by atoms with Crippen LogP contribution in [0.4, 0.5) is 10.1 Å². The Kier molecular flexibility index (Phi) is 6.56. The lowest BCUT2D eigenvalue weighted by atomic mass is 9.84. The van der Waals surface area contributed by atoms with E-state index in [2.05, 4.69) is 27.0 Å². The number of nitrogens with zero attached hydrogens (tertiary/aromatic N) is 5. The number of pyridine rings is 2. The Morgan fingerprint density at radius 3 is 2.79 bits per heavy atom. The maximum absolute atomic E-state index is 14.3. The number of hydrogen-bond acceptors (Lipinski definition) is 6. The quantitative estimate of drug-likeness (QED) is 0.383. The lowest BCUT2D eigenvalue weighted by Gasteiger charge is -2.29. The van der Waals surface area contributed by atoms with Crippen LogP contribution in [0.5, 0.6) is 0 Å². The summed E-state index contributed by atoms with van der Waals surface area (Å²) in [5, 5.41) is 12.8. The van der Waals surface area contributed by atoms with Gasteiger partial charge in [-0.1, -0.05) is 11.8 Å². The first-order valence-electron chi connectivity index (χ1n) is 11.8. The predicted molar refractivity (Wildman–Crippen MR) is 133 cm³/mol. The molecule has 0 aromatic carbocycles. The molecular weight excluding hydrogens is 449 g/mol. The van der Waals surface area contributed by atoms with Crippen LogP contribution in [0, 0.1) is 18.7 Å². The fourth-order valence-electron chi connectivity index (χ4n) is 4.98. The molecule has 0 saturated heterocycles. The minimum Gasteiger partial charge on any atom is -0.396 e. The Morgan fingerprint density at radius 1 is 1.21 bits per heavy atom. The topological polar surface area (TPSA) is 86.1 Å². The standard InChI is InChI=1S/C25H30FN7S/c1-16-20(13-31-33(16)19-7-5-17(6-8-19)9-11-28-2)18-12-23(24-22(27)14-30-32(24)15-18)34-25-21(26)4-3-10-29-25/h3-4,10,12-15,17,19,28H,5-9,11,27H2,1-2H3. The summed E-state index contributed by atoms with van der Waals surface area (Å²) in [7, 11) is 2.02. The van der Waals surface area contributed by atoms with Gasteiger partial charge in [-0.3, -0.25) is 4.68 Å². The van der Waals surface area contributed by atoms with Crippen LogP contribution in [0.1, 0.15) is 43.8 Å². The predicted octanol–water partition coefficient (Wildman–Crippen LogP) is 5.11. The summed E-state index contributed by atoms with van der Waals surface area (Å²) in [5.74, 6) is 0.446. The van der Waals surface area contributed by atoms with Crippen LogP contribution in [-0.2, 0) is 0 Å². The first kappa shape index (κ1) is 22.9. The molecule has 1 fully saturated rings. The third kappa shape index (κ3) is 4.42. The van der Waals surface area contributed by atoms with E-state index < -0.39 is 0 Å². The van der Waals surface area contributed by atoms with Crippen LogP contribution in [0.2, 0.25) is 0 Å². The molecule has 0 radical (unpaired) electrons. The highest BCUT2D eigenvalue weighted by Gasteiger charge is 2.25. The number of anilines is 1. The Hall–Kier alpha value is -2.91. The van der Waals surface area contributed by atoms with Crippen molar-refractivity contribution in [1.82, 2.24) is 29.7 Å². The van der Waals surface area contributed by atoms with Crippen LogP contribution in [0.25, 0.3) is 16.6 Å². The molecule has 9 heteroatoms. The van der Waals surface area contributed by atoms with Gasteiger partial charge in [-0.15, -0.1) is 0 Å². The maximum Gasteiger partial charge on any atom is 0.155 e. The molecular formula is C25H30FN7S. The zero-order chi connectivity index (χ0) is 23.7. The summed E-state index contributed by atoms with van der Waals surface area (Å²) < 4.78 is 18.3. The van der Waals surface area contributed by atoms with E-state index in [-0.39, 0.29) is 5.82 Å². The van der Waals surface area contributed by atoms with Crippen molar-refractivity contribution in [3.63, 3.8) is 0 Å². The number of rotatable bonds is 7.